The number of para-hydroxylation sites is 1. The molecule has 0 aliphatic carbocycles. The lowest BCUT2D eigenvalue weighted by Crippen LogP contribution is -2.31. The van der Waals surface area contributed by atoms with Crippen LogP contribution in [0.5, 0.6) is 0 Å². The quantitative estimate of drug-likeness (QED) is 0.169. The van der Waals surface area contributed by atoms with Crippen LogP contribution in [0.15, 0.2) is 84.0 Å². The third kappa shape index (κ3) is 5.98. The zero-order valence-electron chi connectivity index (χ0n) is 20.1. The van der Waals surface area contributed by atoms with Crippen LogP contribution in [0.4, 0.5) is 5.69 Å². The molecule has 0 saturated heterocycles. The second kappa shape index (κ2) is 11.6. The normalized spacial score (nSPS) is 11.7. The molecule has 3 aromatic carbocycles. The maximum atomic E-state index is 12.3. The molecule has 0 saturated carbocycles. The number of nitro groups is 1. The van der Waals surface area contributed by atoms with Gasteiger partial charge in [0, 0.05) is 23.4 Å². The van der Waals surface area contributed by atoms with Crippen molar-refractivity contribution < 1.29 is 9.72 Å². The standard InChI is InChI=1S/C27H27N5O3S/c1-3-19(2)28-26(33)22-15-13-21(14-16-22)18-36-27-30-29-25(23-11-7-8-12-24(23)32(34)35)31(27)17-20-9-5-4-6-10-20/h4-16,19H,3,17-18H2,1-2H3,(H,28,33)/t19-/m0/s1. The summed E-state index contributed by atoms with van der Waals surface area (Å²) in [4.78, 5) is 23.6. The number of nitrogens with one attached hydrogen (secondary N) is 1. The number of carbonyl (C=O) groups is 1. The van der Waals surface area contributed by atoms with Crippen LogP contribution >= 0.6 is 11.8 Å². The molecular formula is C27H27N5O3S. The average Bonchev–Trinajstić information content (AvgIpc) is 3.30. The van der Waals surface area contributed by atoms with E-state index in [4.69, 9.17) is 0 Å². The minimum Gasteiger partial charge on any atom is -0.350 e. The molecule has 1 N–H and O–H groups in total. The number of amides is 1. The van der Waals surface area contributed by atoms with Gasteiger partial charge in [0.1, 0.15) is 0 Å². The Bertz CT molecular complexity index is 1340. The second-order valence-corrected chi connectivity index (χ2v) is 9.36. The van der Waals surface area contributed by atoms with E-state index in [2.05, 4.69) is 15.5 Å². The van der Waals surface area contributed by atoms with Gasteiger partial charge in [-0.15, -0.1) is 10.2 Å². The van der Waals surface area contributed by atoms with Crippen molar-refractivity contribution in [3.8, 4) is 11.4 Å². The Kier molecular flexibility index (Phi) is 8.12. The molecule has 0 aliphatic rings. The first-order valence-corrected chi connectivity index (χ1v) is 12.7. The smallest absolute Gasteiger partial charge is 0.280 e. The number of thioether (sulfide) groups is 1. The summed E-state index contributed by atoms with van der Waals surface area (Å²) < 4.78 is 1.91. The molecular weight excluding hydrogens is 474 g/mol. The van der Waals surface area contributed by atoms with Crippen molar-refractivity contribution in [3.05, 3.63) is 106 Å². The number of nitrogens with zero attached hydrogens (tertiary/aromatic N) is 4. The van der Waals surface area contributed by atoms with Gasteiger partial charge in [-0.05, 0) is 42.7 Å². The first-order chi connectivity index (χ1) is 17.5. The summed E-state index contributed by atoms with van der Waals surface area (Å²) >= 11 is 1.50. The highest BCUT2D eigenvalue weighted by Gasteiger charge is 2.22. The van der Waals surface area contributed by atoms with Gasteiger partial charge in [0.25, 0.3) is 11.6 Å². The lowest BCUT2D eigenvalue weighted by molar-refractivity contribution is -0.384. The Balaban J connectivity index is 1.58. The van der Waals surface area contributed by atoms with E-state index in [1.807, 2.05) is 73.0 Å². The van der Waals surface area contributed by atoms with E-state index < -0.39 is 4.92 Å². The van der Waals surface area contributed by atoms with E-state index in [1.165, 1.54) is 17.8 Å². The van der Waals surface area contributed by atoms with Gasteiger partial charge in [-0.1, -0.05) is 73.3 Å². The van der Waals surface area contributed by atoms with Crippen LogP contribution in [0.2, 0.25) is 0 Å². The molecule has 1 aromatic heterocycles. The lowest BCUT2D eigenvalue weighted by atomic mass is 10.1. The van der Waals surface area contributed by atoms with E-state index in [1.54, 1.807) is 18.2 Å². The number of nitro benzene ring substituents is 1. The molecule has 0 radical (unpaired) electrons. The molecule has 0 spiro atoms. The summed E-state index contributed by atoms with van der Waals surface area (Å²) in [6, 6.07) is 24.1. The highest BCUT2D eigenvalue weighted by Crippen LogP contribution is 2.32. The number of carbonyl (C=O) groups excluding carboxylic acids is 1. The molecule has 36 heavy (non-hydrogen) atoms. The van der Waals surface area contributed by atoms with Crippen molar-refractivity contribution >= 4 is 23.4 Å². The van der Waals surface area contributed by atoms with Crippen LogP contribution in [-0.4, -0.2) is 31.6 Å². The minimum absolute atomic E-state index is 0.0120. The molecule has 1 atom stereocenters. The minimum atomic E-state index is -0.400. The van der Waals surface area contributed by atoms with Gasteiger partial charge >= 0.3 is 0 Å². The van der Waals surface area contributed by atoms with Gasteiger partial charge < -0.3 is 5.32 Å². The lowest BCUT2D eigenvalue weighted by Gasteiger charge is -2.12. The predicted octanol–water partition coefficient (Wildman–Crippen LogP) is 5.72. The van der Waals surface area contributed by atoms with E-state index in [-0.39, 0.29) is 17.6 Å². The molecule has 8 nitrogen and oxygen atoms in total. The Morgan fingerprint density at radius 3 is 2.39 bits per heavy atom. The van der Waals surface area contributed by atoms with Crippen LogP contribution in [0.3, 0.4) is 0 Å². The fourth-order valence-electron chi connectivity index (χ4n) is 3.63. The average molecular weight is 502 g/mol. The van der Waals surface area contributed by atoms with E-state index in [0.29, 0.717) is 34.4 Å². The van der Waals surface area contributed by atoms with Crippen LogP contribution in [0.25, 0.3) is 11.4 Å². The summed E-state index contributed by atoms with van der Waals surface area (Å²) in [7, 11) is 0. The summed E-state index contributed by atoms with van der Waals surface area (Å²) in [6.45, 7) is 4.49. The molecule has 0 aliphatic heterocycles. The zero-order valence-corrected chi connectivity index (χ0v) is 20.9. The molecule has 4 aromatic rings. The van der Waals surface area contributed by atoms with Crippen molar-refractivity contribution in [2.75, 3.05) is 0 Å². The summed E-state index contributed by atoms with van der Waals surface area (Å²) in [5.74, 6) is 0.975. The first kappa shape index (κ1) is 25.1. The van der Waals surface area contributed by atoms with Crippen molar-refractivity contribution in [2.24, 2.45) is 0 Å². The summed E-state index contributed by atoms with van der Waals surface area (Å²) in [5.41, 5.74) is 3.10. The predicted molar refractivity (Wildman–Crippen MR) is 141 cm³/mol. The topological polar surface area (TPSA) is 103 Å². The Morgan fingerprint density at radius 2 is 1.69 bits per heavy atom. The van der Waals surface area contributed by atoms with E-state index >= 15 is 0 Å². The number of benzene rings is 3. The Morgan fingerprint density at radius 1 is 1.00 bits per heavy atom. The summed E-state index contributed by atoms with van der Waals surface area (Å²) in [6.07, 6.45) is 0.873. The SMILES string of the molecule is CC[C@H](C)NC(=O)c1ccc(CSc2nnc(-c3ccccc3[N+](=O)[O-])n2Cc2ccccc2)cc1. The molecule has 1 amide bonds. The van der Waals surface area contributed by atoms with Gasteiger partial charge in [-0.25, -0.2) is 0 Å². The number of hydrogen-bond donors (Lipinski definition) is 1. The van der Waals surface area contributed by atoms with Gasteiger partial charge in [0.15, 0.2) is 11.0 Å². The molecule has 4 rings (SSSR count). The largest absolute Gasteiger partial charge is 0.350 e. The second-order valence-electron chi connectivity index (χ2n) is 8.42. The molecule has 9 heteroatoms. The van der Waals surface area contributed by atoms with E-state index in [9.17, 15) is 14.9 Å². The Labute approximate surface area is 213 Å². The maximum Gasteiger partial charge on any atom is 0.280 e. The van der Waals surface area contributed by atoms with Gasteiger partial charge in [-0.2, -0.15) is 0 Å². The third-order valence-electron chi connectivity index (χ3n) is 5.82. The van der Waals surface area contributed by atoms with Gasteiger partial charge in [-0.3, -0.25) is 19.5 Å². The summed E-state index contributed by atoms with van der Waals surface area (Å²) in [5, 5.41) is 24.0. The van der Waals surface area contributed by atoms with Crippen LogP contribution in [0, 0.1) is 10.1 Å². The van der Waals surface area contributed by atoms with Crippen LogP contribution in [0.1, 0.15) is 41.8 Å². The zero-order chi connectivity index (χ0) is 25.5. The number of aromatic nitrogens is 3. The molecule has 0 fully saturated rings. The highest BCUT2D eigenvalue weighted by atomic mass is 32.2. The Hall–Kier alpha value is -3.98. The van der Waals surface area contributed by atoms with Crippen molar-refractivity contribution in [1.29, 1.82) is 0 Å². The van der Waals surface area contributed by atoms with Gasteiger partial charge in [0.2, 0.25) is 0 Å². The van der Waals surface area contributed by atoms with Crippen molar-refractivity contribution in [3.63, 3.8) is 0 Å². The number of hydrogen-bond acceptors (Lipinski definition) is 6. The van der Waals surface area contributed by atoms with Crippen LogP contribution < -0.4 is 5.32 Å². The molecule has 184 valence electrons. The molecule has 1 heterocycles. The monoisotopic (exact) mass is 501 g/mol. The molecule has 0 bridgehead atoms. The third-order valence-corrected chi connectivity index (χ3v) is 6.85. The highest BCUT2D eigenvalue weighted by molar-refractivity contribution is 7.98. The van der Waals surface area contributed by atoms with E-state index in [0.717, 1.165) is 17.5 Å². The van der Waals surface area contributed by atoms with Crippen molar-refractivity contribution in [2.45, 2.75) is 43.8 Å². The van der Waals surface area contributed by atoms with Crippen molar-refractivity contribution in [1.82, 2.24) is 20.1 Å². The maximum absolute atomic E-state index is 12.3. The first-order valence-electron chi connectivity index (χ1n) is 11.7. The fourth-order valence-corrected chi connectivity index (χ4v) is 4.53. The number of rotatable bonds is 10. The van der Waals surface area contributed by atoms with Gasteiger partial charge in [0.05, 0.1) is 17.0 Å². The van der Waals surface area contributed by atoms with Crippen LogP contribution in [-0.2, 0) is 12.3 Å². The fraction of sp³-hybridized carbons (Fsp3) is 0.222. The molecule has 0 unspecified atom stereocenters.